The quantitative estimate of drug-likeness (QED) is 0.618. The zero-order chi connectivity index (χ0) is 20.5. The van der Waals surface area contributed by atoms with Crippen LogP contribution in [0.4, 0.5) is 0 Å². The van der Waals surface area contributed by atoms with E-state index >= 15 is 0 Å². The lowest BCUT2D eigenvalue weighted by atomic mass is 9.99. The van der Waals surface area contributed by atoms with Gasteiger partial charge in [0.2, 0.25) is 5.91 Å². The Balaban J connectivity index is 1.67. The van der Waals surface area contributed by atoms with Crippen molar-refractivity contribution in [2.45, 2.75) is 13.0 Å². The molecule has 29 heavy (non-hydrogen) atoms. The van der Waals surface area contributed by atoms with E-state index in [4.69, 9.17) is 4.74 Å². The molecule has 3 aromatic rings. The lowest BCUT2D eigenvalue weighted by Crippen LogP contribution is -2.39. The molecule has 0 atom stereocenters. The summed E-state index contributed by atoms with van der Waals surface area (Å²) in [7, 11) is 0. The number of benzene rings is 3. The summed E-state index contributed by atoms with van der Waals surface area (Å²) in [6, 6.07) is 26.2. The minimum Gasteiger partial charge on any atom is -0.493 e. The molecule has 0 unspecified atom stereocenters. The van der Waals surface area contributed by atoms with Gasteiger partial charge in [-0.25, -0.2) is 0 Å². The lowest BCUT2D eigenvalue weighted by molar-refractivity contribution is -0.120. The Labute approximate surface area is 170 Å². The number of amides is 2. The molecule has 0 radical (unpaired) electrons. The van der Waals surface area contributed by atoms with Crippen LogP contribution < -0.4 is 15.4 Å². The second-order valence-electron chi connectivity index (χ2n) is 6.43. The predicted octanol–water partition coefficient (Wildman–Crippen LogP) is 3.72. The van der Waals surface area contributed by atoms with Crippen molar-refractivity contribution < 1.29 is 14.3 Å². The second kappa shape index (κ2) is 10.1. The van der Waals surface area contributed by atoms with E-state index in [0.717, 1.165) is 11.1 Å². The molecule has 0 aromatic heterocycles. The summed E-state index contributed by atoms with van der Waals surface area (Å²) in [5.74, 6) is -0.121. The van der Waals surface area contributed by atoms with Crippen molar-refractivity contribution >= 4 is 11.8 Å². The average molecular weight is 388 g/mol. The van der Waals surface area contributed by atoms with E-state index in [1.54, 1.807) is 24.3 Å². The predicted molar refractivity (Wildman–Crippen MR) is 113 cm³/mol. The van der Waals surface area contributed by atoms with Gasteiger partial charge in [-0.2, -0.15) is 0 Å². The Hall–Kier alpha value is -3.60. The molecule has 148 valence electrons. The Bertz CT molecular complexity index is 903. The van der Waals surface area contributed by atoms with Gasteiger partial charge in [0.1, 0.15) is 5.75 Å². The van der Waals surface area contributed by atoms with Gasteiger partial charge < -0.3 is 15.4 Å². The van der Waals surface area contributed by atoms with Crippen molar-refractivity contribution in [1.29, 1.82) is 0 Å². The molecule has 0 spiro atoms. The van der Waals surface area contributed by atoms with Crippen LogP contribution >= 0.6 is 0 Å². The highest BCUT2D eigenvalue weighted by Gasteiger charge is 2.18. The number of rotatable bonds is 8. The first-order chi connectivity index (χ1) is 14.2. The molecule has 0 saturated heterocycles. The Morgan fingerprint density at radius 1 is 0.828 bits per heavy atom. The van der Waals surface area contributed by atoms with E-state index in [2.05, 4.69) is 10.6 Å². The van der Waals surface area contributed by atoms with Gasteiger partial charge in [-0.3, -0.25) is 9.59 Å². The fourth-order valence-corrected chi connectivity index (χ4v) is 3.05. The van der Waals surface area contributed by atoms with Crippen LogP contribution in [-0.2, 0) is 4.79 Å². The molecular weight excluding hydrogens is 364 g/mol. The summed E-state index contributed by atoms with van der Waals surface area (Å²) in [5, 5.41) is 5.69. The third-order valence-corrected chi connectivity index (χ3v) is 4.41. The van der Waals surface area contributed by atoms with E-state index in [0.29, 0.717) is 17.9 Å². The topological polar surface area (TPSA) is 67.4 Å². The van der Waals surface area contributed by atoms with Crippen molar-refractivity contribution in [2.75, 3.05) is 13.2 Å². The molecular formula is C24H24N2O3. The molecule has 0 fully saturated rings. The van der Waals surface area contributed by atoms with Crippen LogP contribution in [0.15, 0.2) is 84.9 Å². The van der Waals surface area contributed by atoms with Gasteiger partial charge in [0.25, 0.3) is 5.91 Å². The summed E-state index contributed by atoms with van der Waals surface area (Å²) in [6.07, 6.45) is 0. The van der Waals surface area contributed by atoms with Gasteiger partial charge in [0.05, 0.1) is 24.8 Å². The Kier molecular flexibility index (Phi) is 7.00. The van der Waals surface area contributed by atoms with Crippen LogP contribution in [0.5, 0.6) is 5.75 Å². The lowest BCUT2D eigenvalue weighted by Gasteiger charge is -2.20. The molecule has 3 rings (SSSR count). The third-order valence-electron chi connectivity index (χ3n) is 4.41. The number of hydrogen-bond acceptors (Lipinski definition) is 3. The van der Waals surface area contributed by atoms with Crippen LogP contribution in [0.2, 0.25) is 0 Å². The summed E-state index contributed by atoms with van der Waals surface area (Å²) < 4.78 is 5.48. The van der Waals surface area contributed by atoms with Gasteiger partial charge in [-0.05, 0) is 30.2 Å². The standard InChI is InChI=1S/C24H24N2O3/c1-2-29-21-16-10-9-15-20(21)24(28)25-17-22(27)26-23(18-11-5-3-6-12-18)19-13-7-4-8-14-19/h3-16,23H,2,17H2,1H3,(H,25,28)(H,26,27). The van der Waals surface area contributed by atoms with Crippen LogP contribution in [-0.4, -0.2) is 25.0 Å². The highest BCUT2D eigenvalue weighted by atomic mass is 16.5. The zero-order valence-electron chi connectivity index (χ0n) is 16.3. The number of para-hydroxylation sites is 1. The molecule has 0 aliphatic heterocycles. The maximum absolute atomic E-state index is 12.6. The van der Waals surface area contributed by atoms with E-state index < -0.39 is 0 Å². The molecule has 0 aliphatic carbocycles. The number of nitrogens with one attached hydrogen (secondary N) is 2. The zero-order valence-corrected chi connectivity index (χ0v) is 16.3. The van der Waals surface area contributed by atoms with E-state index in [1.807, 2.05) is 67.6 Å². The molecule has 0 bridgehead atoms. The third kappa shape index (κ3) is 5.45. The number of carbonyl (C=O) groups is 2. The first-order valence-corrected chi connectivity index (χ1v) is 9.58. The summed E-state index contributed by atoms with van der Waals surface area (Å²) in [5.41, 5.74) is 2.35. The normalized spacial score (nSPS) is 10.4. The molecule has 2 N–H and O–H groups in total. The maximum Gasteiger partial charge on any atom is 0.255 e. The minimum absolute atomic E-state index is 0.130. The highest BCUT2D eigenvalue weighted by molar-refractivity contribution is 5.98. The van der Waals surface area contributed by atoms with Crippen LogP contribution in [0.25, 0.3) is 0 Å². The van der Waals surface area contributed by atoms with Crippen molar-refractivity contribution in [3.05, 3.63) is 102 Å². The minimum atomic E-state index is -0.347. The summed E-state index contributed by atoms with van der Waals surface area (Å²) >= 11 is 0. The van der Waals surface area contributed by atoms with Gasteiger partial charge in [0.15, 0.2) is 0 Å². The Morgan fingerprint density at radius 3 is 1.97 bits per heavy atom. The average Bonchev–Trinajstić information content (AvgIpc) is 2.77. The second-order valence-corrected chi connectivity index (χ2v) is 6.43. The van der Waals surface area contributed by atoms with E-state index in [1.165, 1.54) is 0 Å². The monoisotopic (exact) mass is 388 g/mol. The molecule has 0 aliphatic rings. The number of ether oxygens (including phenoxy) is 1. The first-order valence-electron chi connectivity index (χ1n) is 9.58. The van der Waals surface area contributed by atoms with Gasteiger partial charge in [0, 0.05) is 0 Å². The highest BCUT2D eigenvalue weighted by Crippen LogP contribution is 2.21. The van der Waals surface area contributed by atoms with Crippen molar-refractivity contribution in [3.8, 4) is 5.75 Å². The van der Waals surface area contributed by atoms with E-state index in [9.17, 15) is 9.59 Å². The fraction of sp³-hybridized carbons (Fsp3) is 0.167. The van der Waals surface area contributed by atoms with Crippen LogP contribution in [0, 0.1) is 0 Å². The first kappa shape index (κ1) is 20.1. The molecule has 5 nitrogen and oxygen atoms in total. The smallest absolute Gasteiger partial charge is 0.255 e. The van der Waals surface area contributed by atoms with Gasteiger partial charge in [-0.1, -0.05) is 72.8 Å². The molecule has 0 saturated carbocycles. The van der Waals surface area contributed by atoms with Crippen molar-refractivity contribution in [2.24, 2.45) is 0 Å². The largest absolute Gasteiger partial charge is 0.493 e. The van der Waals surface area contributed by atoms with Gasteiger partial charge in [-0.15, -0.1) is 0 Å². The molecule has 2 amide bonds. The SMILES string of the molecule is CCOc1ccccc1C(=O)NCC(=O)NC(c1ccccc1)c1ccccc1. The molecule has 3 aromatic carbocycles. The summed E-state index contributed by atoms with van der Waals surface area (Å²) in [4.78, 5) is 25.1. The molecule has 0 heterocycles. The van der Waals surface area contributed by atoms with Gasteiger partial charge >= 0.3 is 0 Å². The Morgan fingerprint density at radius 2 is 1.38 bits per heavy atom. The maximum atomic E-state index is 12.6. The van der Waals surface area contributed by atoms with E-state index in [-0.39, 0.29) is 24.4 Å². The number of carbonyl (C=O) groups excluding carboxylic acids is 2. The molecule has 5 heteroatoms. The fourth-order valence-electron chi connectivity index (χ4n) is 3.05. The van der Waals surface area contributed by atoms with Crippen LogP contribution in [0.3, 0.4) is 0 Å². The number of hydrogen-bond donors (Lipinski definition) is 2. The summed E-state index contributed by atoms with van der Waals surface area (Å²) in [6.45, 7) is 2.19. The van der Waals surface area contributed by atoms with Crippen molar-refractivity contribution in [1.82, 2.24) is 10.6 Å². The van der Waals surface area contributed by atoms with Crippen LogP contribution in [0.1, 0.15) is 34.5 Å². The van der Waals surface area contributed by atoms with Crippen molar-refractivity contribution in [3.63, 3.8) is 0 Å².